The monoisotopic (exact) mass is 307 g/mol. The molecular weight excluding hydrogens is 282 g/mol. The topological polar surface area (TPSA) is 46.1 Å². The lowest BCUT2D eigenvalue weighted by molar-refractivity contribution is -0.132. The highest BCUT2D eigenvalue weighted by atomic mass is 32.1. The van der Waals surface area contributed by atoms with Crippen molar-refractivity contribution in [3.63, 3.8) is 0 Å². The van der Waals surface area contributed by atoms with Crippen molar-refractivity contribution >= 4 is 17.2 Å². The fourth-order valence-electron chi connectivity index (χ4n) is 3.53. The average Bonchev–Trinajstić information content (AvgIpc) is 3.18. The molecule has 1 amide bonds. The number of rotatable bonds is 4. The smallest absolute Gasteiger partial charge is 0.222 e. The van der Waals surface area contributed by atoms with Gasteiger partial charge in [-0.1, -0.05) is 19.8 Å². The van der Waals surface area contributed by atoms with Crippen molar-refractivity contribution < 1.29 is 4.79 Å². The number of likely N-dealkylation sites (tertiary alicyclic amines) is 1. The van der Waals surface area contributed by atoms with Crippen LogP contribution in [0.4, 0.5) is 0 Å². The summed E-state index contributed by atoms with van der Waals surface area (Å²) in [5.41, 5.74) is 0. The SMILES string of the molecule is CCCC(=O)N1CCCC(c2nnc(C3CCCC3)s2)C1. The maximum absolute atomic E-state index is 12.1. The van der Waals surface area contributed by atoms with E-state index in [0.29, 0.717) is 24.2 Å². The first-order valence-electron chi connectivity index (χ1n) is 8.39. The molecule has 0 aromatic carbocycles. The van der Waals surface area contributed by atoms with E-state index in [1.165, 1.54) is 30.7 Å². The first-order valence-corrected chi connectivity index (χ1v) is 9.20. The van der Waals surface area contributed by atoms with Crippen LogP contribution in [-0.4, -0.2) is 34.1 Å². The van der Waals surface area contributed by atoms with Crippen LogP contribution in [0.5, 0.6) is 0 Å². The zero-order valence-corrected chi connectivity index (χ0v) is 13.7. The molecule has 116 valence electrons. The van der Waals surface area contributed by atoms with Crippen LogP contribution >= 0.6 is 11.3 Å². The van der Waals surface area contributed by atoms with Crippen LogP contribution in [0.15, 0.2) is 0 Å². The standard InChI is InChI=1S/C16H25N3OS/c1-2-6-14(20)19-10-5-9-13(11-19)16-18-17-15(21-16)12-7-3-4-8-12/h12-13H,2-11H2,1H3. The predicted molar refractivity (Wildman–Crippen MR) is 84.6 cm³/mol. The molecule has 2 fully saturated rings. The van der Waals surface area contributed by atoms with Crippen LogP contribution in [0, 0.1) is 0 Å². The molecule has 0 bridgehead atoms. The summed E-state index contributed by atoms with van der Waals surface area (Å²) in [6.45, 7) is 3.83. The first kappa shape index (κ1) is 14.9. The van der Waals surface area contributed by atoms with Crippen molar-refractivity contribution in [2.24, 2.45) is 0 Å². The van der Waals surface area contributed by atoms with E-state index in [9.17, 15) is 4.79 Å². The fourth-order valence-corrected chi connectivity index (χ4v) is 4.67. The lowest BCUT2D eigenvalue weighted by Gasteiger charge is -2.31. The van der Waals surface area contributed by atoms with E-state index >= 15 is 0 Å². The van der Waals surface area contributed by atoms with E-state index in [1.807, 2.05) is 4.90 Å². The van der Waals surface area contributed by atoms with Gasteiger partial charge in [0.2, 0.25) is 5.91 Å². The molecule has 0 radical (unpaired) electrons. The molecule has 3 rings (SSSR count). The molecule has 2 heterocycles. The molecule has 0 spiro atoms. The molecule has 1 aliphatic carbocycles. The second-order valence-corrected chi connectivity index (χ2v) is 7.43. The number of carbonyl (C=O) groups is 1. The van der Waals surface area contributed by atoms with Crippen molar-refractivity contribution in [2.75, 3.05) is 13.1 Å². The molecule has 1 saturated carbocycles. The van der Waals surface area contributed by atoms with E-state index in [1.54, 1.807) is 11.3 Å². The Hall–Kier alpha value is -0.970. The van der Waals surface area contributed by atoms with Gasteiger partial charge in [-0.05, 0) is 32.1 Å². The molecule has 2 aliphatic rings. The maximum atomic E-state index is 12.1. The molecule has 1 atom stereocenters. The van der Waals surface area contributed by atoms with Gasteiger partial charge in [-0.25, -0.2) is 0 Å². The third-order valence-corrected chi connectivity index (χ3v) is 6.00. The number of piperidine rings is 1. The molecule has 4 nitrogen and oxygen atoms in total. The van der Waals surface area contributed by atoms with Crippen LogP contribution in [0.25, 0.3) is 0 Å². The Balaban J connectivity index is 1.64. The van der Waals surface area contributed by atoms with Gasteiger partial charge >= 0.3 is 0 Å². The Morgan fingerprint density at radius 1 is 1.14 bits per heavy atom. The van der Waals surface area contributed by atoms with E-state index < -0.39 is 0 Å². The largest absolute Gasteiger partial charge is 0.342 e. The minimum Gasteiger partial charge on any atom is -0.342 e. The van der Waals surface area contributed by atoms with Gasteiger partial charge in [0.15, 0.2) is 0 Å². The van der Waals surface area contributed by atoms with Gasteiger partial charge in [0, 0.05) is 31.3 Å². The first-order chi connectivity index (χ1) is 10.3. The summed E-state index contributed by atoms with van der Waals surface area (Å²) in [6.07, 6.45) is 9.08. The summed E-state index contributed by atoms with van der Waals surface area (Å²) in [7, 11) is 0. The normalized spacial score (nSPS) is 23.7. The van der Waals surface area contributed by atoms with Crippen LogP contribution < -0.4 is 0 Å². The Kier molecular flexibility index (Phi) is 4.88. The molecule has 1 aromatic rings. The number of hydrogen-bond donors (Lipinski definition) is 0. The zero-order chi connectivity index (χ0) is 14.7. The summed E-state index contributed by atoms with van der Waals surface area (Å²) in [5.74, 6) is 1.37. The number of nitrogens with zero attached hydrogens (tertiary/aromatic N) is 3. The second kappa shape index (κ2) is 6.86. The van der Waals surface area contributed by atoms with Crippen molar-refractivity contribution in [3.05, 3.63) is 10.0 Å². The third kappa shape index (κ3) is 3.44. The molecule has 21 heavy (non-hydrogen) atoms. The maximum Gasteiger partial charge on any atom is 0.222 e. The van der Waals surface area contributed by atoms with Gasteiger partial charge in [0.05, 0.1) is 0 Å². The number of carbonyl (C=O) groups excluding carboxylic acids is 1. The summed E-state index contributed by atoms with van der Waals surface area (Å²) in [5, 5.41) is 11.3. The van der Waals surface area contributed by atoms with Crippen molar-refractivity contribution in [1.82, 2.24) is 15.1 Å². The van der Waals surface area contributed by atoms with Crippen LogP contribution in [0.2, 0.25) is 0 Å². The van der Waals surface area contributed by atoms with E-state index in [-0.39, 0.29) is 0 Å². The van der Waals surface area contributed by atoms with Gasteiger partial charge in [0.25, 0.3) is 0 Å². The summed E-state index contributed by atoms with van der Waals surface area (Å²) >= 11 is 1.80. The summed E-state index contributed by atoms with van der Waals surface area (Å²) in [4.78, 5) is 14.1. The number of hydrogen-bond acceptors (Lipinski definition) is 4. The van der Waals surface area contributed by atoms with Gasteiger partial charge in [-0.2, -0.15) is 0 Å². The molecule has 1 unspecified atom stereocenters. The van der Waals surface area contributed by atoms with Crippen molar-refractivity contribution in [3.8, 4) is 0 Å². The fraction of sp³-hybridized carbons (Fsp3) is 0.812. The lowest BCUT2D eigenvalue weighted by atomic mass is 9.98. The van der Waals surface area contributed by atoms with E-state index in [0.717, 1.165) is 37.4 Å². The Labute approximate surface area is 130 Å². The number of amides is 1. The molecule has 5 heteroatoms. The van der Waals surface area contributed by atoms with Gasteiger partial charge in [-0.3, -0.25) is 4.79 Å². The van der Waals surface area contributed by atoms with E-state index in [2.05, 4.69) is 17.1 Å². The van der Waals surface area contributed by atoms with E-state index in [4.69, 9.17) is 0 Å². The van der Waals surface area contributed by atoms with Gasteiger partial charge < -0.3 is 4.90 Å². The second-order valence-electron chi connectivity index (χ2n) is 6.39. The molecule has 1 aromatic heterocycles. The number of aromatic nitrogens is 2. The molecule has 1 aliphatic heterocycles. The average molecular weight is 307 g/mol. The van der Waals surface area contributed by atoms with Crippen LogP contribution in [0.1, 0.15) is 80.1 Å². The highest BCUT2D eigenvalue weighted by Gasteiger charge is 2.28. The molecular formula is C16H25N3OS. The Bertz CT molecular complexity index is 482. The van der Waals surface area contributed by atoms with Crippen LogP contribution in [-0.2, 0) is 4.79 Å². The zero-order valence-electron chi connectivity index (χ0n) is 12.9. The minimum atomic E-state index is 0.308. The minimum absolute atomic E-state index is 0.308. The summed E-state index contributed by atoms with van der Waals surface area (Å²) in [6, 6.07) is 0. The summed E-state index contributed by atoms with van der Waals surface area (Å²) < 4.78 is 0. The molecule has 1 saturated heterocycles. The quantitative estimate of drug-likeness (QED) is 0.852. The van der Waals surface area contributed by atoms with Crippen LogP contribution in [0.3, 0.4) is 0 Å². The van der Waals surface area contributed by atoms with Crippen molar-refractivity contribution in [2.45, 2.75) is 70.1 Å². The van der Waals surface area contributed by atoms with Crippen molar-refractivity contribution in [1.29, 1.82) is 0 Å². The Morgan fingerprint density at radius 3 is 2.52 bits per heavy atom. The highest BCUT2D eigenvalue weighted by molar-refractivity contribution is 7.11. The molecule has 0 N–H and O–H groups in total. The Morgan fingerprint density at radius 2 is 1.81 bits per heavy atom. The highest BCUT2D eigenvalue weighted by Crippen LogP contribution is 2.38. The van der Waals surface area contributed by atoms with Gasteiger partial charge in [0.1, 0.15) is 10.0 Å². The predicted octanol–water partition coefficient (Wildman–Crippen LogP) is 3.70. The van der Waals surface area contributed by atoms with Gasteiger partial charge in [-0.15, -0.1) is 21.5 Å². The third-order valence-electron chi connectivity index (χ3n) is 4.75. The lowest BCUT2D eigenvalue weighted by Crippen LogP contribution is -2.38.